The number of hydrogen-bond donors (Lipinski definition) is 2. The zero-order valence-corrected chi connectivity index (χ0v) is 11.7. The number of amides is 1. The lowest BCUT2D eigenvalue weighted by Crippen LogP contribution is -2.24. The maximum absolute atomic E-state index is 11.7. The maximum atomic E-state index is 11.7. The van der Waals surface area contributed by atoms with Crippen molar-refractivity contribution in [3.05, 3.63) is 5.01 Å². The summed E-state index contributed by atoms with van der Waals surface area (Å²) in [5.74, 6) is -0.158. The van der Waals surface area contributed by atoms with E-state index in [1.807, 2.05) is 0 Å². The van der Waals surface area contributed by atoms with E-state index in [4.69, 9.17) is 4.74 Å². The van der Waals surface area contributed by atoms with Gasteiger partial charge in [-0.2, -0.15) is 0 Å². The van der Waals surface area contributed by atoms with Crippen molar-refractivity contribution in [1.29, 1.82) is 0 Å². The van der Waals surface area contributed by atoms with Crippen molar-refractivity contribution >= 4 is 22.4 Å². The van der Waals surface area contributed by atoms with Gasteiger partial charge in [0.25, 0.3) is 5.91 Å². The molecule has 0 radical (unpaired) electrons. The molecule has 1 rings (SSSR count). The molecule has 1 heterocycles. The molecule has 0 fully saturated rings. The summed E-state index contributed by atoms with van der Waals surface area (Å²) in [6, 6.07) is 0. The lowest BCUT2D eigenvalue weighted by Gasteiger charge is -2.01. The quantitative estimate of drug-likeness (QED) is 0.666. The Labute approximate surface area is 111 Å². The summed E-state index contributed by atoms with van der Waals surface area (Å²) in [5, 5.41) is 14.8. The van der Waals surface area contributed by atoms with Gasteiger partial charge in [0.15, 0.2) is 0 Å². The molecular weight excluding hydrogens is 252 g/mol. The van der Waals surface area contributed by atoms with E-state index < -0.39 is 0 Å². The summed E-state index contributed by atoms with van der Waals surface area (Å²) in [6.45, 7) is 4.27. The molecule has 18 heavy (non-hydrogen) atoms. The number of carbonyl (C=O) groups excluding carboxylic acids is 1. The highest BCUT2D eigenvalue weighted by Crippen LogP contribution is 2.14. The number of nitrogens with one attached hydrogen (secondary N) is 2. The van der Waals surface area contributed by atoms with Crippen molar-refractivity contribution in [3.8, 4) is 0 Å². The summed E-state index contributed by atoms with van der Waals surface area (Å²) in [6.07, 6.45) is 2.86. The molecule has 0 atom stereocenters. The van der Waals surface area contributed by atoms with Crippen LogP contribution in [0.5, 0.6) is 0 Å². The van der Waals surface area contributed by atoms with Crippen molar-refractivity contribution in [2.45, 2.75) is 26.2 Å². The van der Waals surface area contributed by atoms with Crippen LogP contribution >= 0.6 is 11.3 Å². The van der Waals surface area contributed by atoms with Crippen LogP contribution in [0, 0.1) is 0 Å². The summed E-state index contributed by atoms with van der Waals surface area (Å²) in [4.78, 5) is 11.7. The first-order valence-electron chi connectivity index (χ1n) is 6.12. The Morgan fingerprint density at radius 2 is 2.17 bits per heavy atom. The molecule has 0 unspecified atom stereocenters. The number of nitrogens with zero attached hydrogens (tertiary/aromatic N) is 2. The Hall–Kier alpha value is -1.21. The van der Waals surface area contributed by atoms with Gasteiger partial charge in [-0.15, -0.1) is 10.2 Å². The SMILES string of the molecule is CCCNc1nnc(C(=O)NCCCCOC)s1. The highest BCUT2D eigenvalue weighted by atomic mass is 32.1. The van der Waals surface area contributed by atoms with Crippen molar-refractivity contribution in [2.24, 2.45) is 0 Å². The Bertz CT molecular complexity index is 357. The number of aromatic nitrogens is 2. The molecule has 0 aliphatic rings. The zero-order chi connectivity index (χ0) is 13.2. The summed E-state index contributed by atoms with van der Waals surface area (Å²) in [7, 11) is 1.67. The van der Waals surface area contributed by atoms with Crippen LogP contribution in [0.15, 0.2) is 0 Å². The Morgan fingerprint density at radius 1 is 1.33 bits per heavy atom. The molecule has 0 aliphatic carbocycles. The minimum Gasteiger partial charge on any atom is -0.385 e. The van der Waals surface area contributed by atoms with Gasteiger partial charge in [0.2, 0.25) is 10.1 Å². The minimum atomic E-state index is -0.158. The van der Waals surface area contributed by atoms with Crippen LogP contribution in [0.3, 0.4) is 0 Å². The van der Waals surface area contributed by atoms with Crippen LogP contribution in [-0.2, 0) is 4.74 Å². The van der Waals surface area contributed by atoms with Crippen molar-refractivity contribution in [1.82, 2.24) is 15.5 Å². The topological polar surface area (TPSA) is 76.1 Å². The second kappa shape index (κ2) is 8.82. The Morgan fingerprint density at radius 3 is 2.89 bits per heavy atom. The molecule has 1 aromatic rings. The van der Waals surface area contributed by atoms with Gasteiger partial charge in [-0.05, 0) is 19.3 Å². The van der Waals surface area contributed by atoms with Gasteiger partial charge < -0.3 is 15.4 Å². The molecule has 6 nitrogen and oxygen atoms in total. The molecule has 7 heteroatoms. The molecule has 0 aromatic carbocycles. The number of ether oxygens (including phenoxy) is 1. The van der Waals surface area contributed by atoms with E-state index in [1.165, 1.54) is 11.3 Å². The van der Waals surface area contributed by atoms with Gasteiger partial charge in [0.05, 0.1) is 0 Å². The fraction of sp³-hybridized carbons (Fsp3) is 0.727. The van der Waals surface area contributed by atoms with Crippen LogP contribution in [0.4, 0.5) is 5.13 Å². The highest BCUT2D eigenvalue weighted by Gasteiger charge is 2.11. The van der Waals surface area contributed by atoms with E-state index in [1.54, 1.807) is 7.11 Å². The van der Waals surface area contributed by atoms with Crippen LogP contribution in [0.25, 0.3) is 0 Å². The van der Waals surface area contributed by atoms with E-state index in [0.717, 1.165) is 32.4 Å². The average Bonchev–Trinajstić information content (AvgIpc) is 2.84. The first-order valence-corrected chi connectivity index (χ1v) is 6.94. The summed E-state index contributed by atoms with van der Waals surface area (Å²) in [5.41, 5.74) is 0. The lowest BCUT2D eigenvalue weighted by atomic mass is 10.3. The molecule has 1 aromatic heterocycles. The Kier molecular flexibility index (Phi) is 7.28. The van der Waals surface area contributed by atoms with Crippen molar-refractivity contribution in [3.63, 3.8) is 0 Å². The number of methoxy groups -OCH3 is 1. The third kappa shape index (κ3) is 5.42. The first kappa shape index (κ1) is 14.8. The molecule has 1 amide bonds. The number of unbranched alkanes of at least 4 members (excludes halogenated alkanes) is 1. The lowest BCUT2D eigenvalue weighted by molar-refractivity contribution is 0.0950. The molecule has 0 aliphatic heterocycles. The van der Waals surface area contributed by atoms with Crippen LogP contribution in [0.2, 0.25) is 0 Å². The van der Waals surface area contributed by atoms with Crippen LogP contribution in [-0.4, -0.2) is 42.9 Å². The van der Waals surface area contributed by atoms with Crippen molar-refractivity contribution in [2.75, 3.05) is 32.1 Å². The van der Waals surface area contributed by atoms with Crippen LogP contribution in [0.1, 0.15) is 36.0 Å². The second-order valence-corrected chi connectivity index (χ2v) is 4.77. The smallest absolute Gasteiger partial charge is 0.282 e. The van der Waals surface area contributed by atoms with Crippen LogP contribution < -0.4 is 10.6 Å². The van der Waals surface area contributed by atoms with Gasteiger partial charge in [-0.3, -0.25) is 4.79 Å². The number of anilines is 1. The maximum Gasteiger partial charge on any atom is 0.282 e. The molecule has 2 N–H and O–H groups in total. The molecule has 0 saturated carbocycles. The first-order chi connectivity index (χ1) is 8.77. The molecule has 0 saturated heterocycles. The standard InChI is InChI=1S/C11H20N4O2S/c1-3-6-13-11-15-14-10(18-11)9(16)12-7-4-5-8-17-2/h3-8H2,1-2H3,(H,12,16)(H,13,15). The average molecular weight is 272 g/mol. The fourth-order valence-corrected chi connectivity index (χ4v) is 1.95. The van der Waals surface area contributed by atoms with E-state index in [2.05, 4.69) is 27.8 Å². The van der Waals surface area contributed by atoms with Gasteiger partial charge in [0.1, 0.15) is 0 Å². The zero-order valence-electron chi connectivity index (χ0n) is 10.9. The van der Waals surface area contributed by atoms with Gasteiger partial charge in [0, 0.05) is 26.8 Å². The van der Waals surface area contributed by atoms with Gasteiger partial charge in [-0.1, -0.05) is 18.3 Å². The number of rotatable bonds is 9. The summed E-state index contributed by atoms with van der Waals surface area (Å²) < 4.78 is 4.93. The Balaban J connectivity index is 2.26. The third-order valence-electron chi connectivity index (χ3n) is 2.21. The van der Waals surface area contributed by atoms with Crippen molar-refractivity contribution < 1.29 is 9.53 Å². The van der Waals surface area contributed by atoms with Gasteiger partial charge >= 0.3 is 0 Å². The highest BCUT2D eigenvalue weighted by molar-refractivity contribution is 7.17. The summed E-state index contributed by atoms with van der Waals surface area (Å²) >= 11 is 1.28. The fourth-order valence-electron chi connectivity index (χ4n) is 1.27. The monoisotopic (exact) mass is 272 g/mol. The predicted molar refractivity (Wildman–Crippen MR) is 72.1 cm³/mol. The van der Waals surface area contributed by atoms with Gasteiger partial charge in [-0.25, -0.2) is 0 Å². The van der Waals surface area contributed by atoms with E-state index >= 15 is 0 Å². The largest absolute Gasteiger partial charge is 0.385 e. The van der Waals surface area contributed by atoms with E-state index in [0.29, 0.717) is 16.7 Å². The minimum absolute atomic E-state index is 0.158. The molecular formula is C11H20N4O2S. The molecule has 0 bridgehead atoms. The normalized spacial score (nSPS) is 10.3. The van der Waals surface area contributed by atoms with E-state index in [9.17, 15) is 4.79 Å². The second-order valence-electron chi connectivity index (χ2n) is 3.79. The molecule has 102 valence electrons. The predicted octanol–water partition coefficient (Wildman–Crippen LogP) is 1.52. The number of hydrogen-bond acceptors (Lipinski definition) is 6. The molecule has 0 spiro atoms. The number of carbonyl (C=O) groups is 1. The van der Waals surface area contributed by atoms with E-state index in [-0.39, 0.29) is 5.91 Å². The third-order valence-corrected chi connectivity index (χ3v) is 3.09.